The number of nitrogens with two attached hydrogens (primary N) is 1. The van der Waals surface area contributed by atoms with E-state index in [1.165, 1.54) is 6.26 Å². The van der Waals surface area contributed by atoms with Crippen molar-refractivity contribution in [2.45, 2.75) is 26.1 Å². The van der Waals surface area contributed by atoms with Crippen molar-refractivity contribution in [3.8, 4) is 11.5 Å². The number of imide groups is 1. The van der Waals surface area contributed by atoms with Crippen molar-refractivity contribution in [3.63, 3.8) is 0 Å². The van der Waals surface area contributed by atoms with Gasteiger partial charge in [-0.1, -0.05) is 30.3 Å². The van der Waals surface area contributed by atoms with Crippen LogP contribution in [0.1, 0.15) is 50.4 Å². The van der Waals surface area contributed by atoms with Gasteiger partial charge in [-0.25, -0.2) is 8.42 Å². The Morgan fingerprint density at radius 2 is 1.66 bits per heavy atom. The van der Waals surface area contributed by atoms with Crippen LogP contribution in [0.4, 0.5) is 5.69 Å². The van der Waals surface area contributed by atoms with Gasteiger partial charge in [0.25, 0.3) is 11.8 Å². The smallest absolute Gasteiger partial charge is 0.258 e. The molecule has 2 heterocycles. The molecule has 10 heteroatoms. The molecular weight excluding hydrogens is 506 g/mol. The van der Waals surface area contributed by atoms with Crippen LogP contribution in [0.3, 0.4) is 0 Å². The number of rotatable bonds is 7. The first kappa shape index (κ1) is 27.2. The third-order valence-electron chi connectivity index (χ3n) is 6.46. The van der Waals surface area contributed by atoms with Crippen molar-refractivity contribution >= 4 is 27.3 Å². The molecule has 3 aromatic carbocycles. The molecule has 0 saturated heterocycles. The third-order valence-corrected chi connectivity index (χ3v) is 7.38. The maximum absolute atomic E-state index is 12.1. The zero-order valence-electron chi connectivity index (χ0n) is 21.6. The average Bonchev–Trinajstić information content (AvgIpc) is 3.44. The lowest BCUT2D eigenvalue weighted by atomic mass is 10.1. The number of nitrogens with zero attached hydrogens (tertiary/aromatic N) is 1. The maximum atomic E-state index is 12.1. The maximum Gasteiger partial charge on any atom is 0.258 e. The number of hydrogen-bond donors (Lipinski definition) is 2. The van der Waals surface area contributed by atoms with Gasteiger partial charge in [0, 0.05) is 31.1 Å². The molecule has 3 N–H and O–H groups in total. The summed E-state index contributed by atoms with van der Waals surface area (Å²) < 4.78 is 35.3. The summed E-state index contributed by atoms with van der Waals surface area (Å²) in [6.07, 6.45) is 1.27. The van der Waals surface area contributed by atoms with Crippen molar-refractivity contribution in [2.75, 3.05) is 31.5 Å². The number of fused-ring (bicyclic) bond motifs is 2. The van der Waals surface area contributed by atoms with Gasteiger partial charge in [-0.3, -0.25) is 19.8 Å². The molecule has 0 bridgehead atoms. The molecule has 0 aromatic heterocycles. The largest absolute Gasteiger partial charge is 0.493 e. The minimum atomic E-state index is -3.19. The van der Waals surface area contributed by atoms with Crippen molar-refractivity contribution in [2.24, 2.45) is 0 Å². The number of sulfone groups is 1. The average molecular weight is 538 g/mol. The molecule has 3 aromatic rings. The van der Waals surface area contributed by atoms with Gasteiger partial charge in [0.2, 0.25) is 0 Å². The fourth-order valence-electron chi connectivity index (χ4n) is 4.68. The van der Waals surface area contributed by atoms with E-state index in [4.69, 9.17) is 15.2 Å². The van der Waals surface area contributed by atoms with E-state index in [0.717, 1.165) is 22.4 Å². The molecule has 9 nitrogen and oxygen atoms in total. The van der Waals surface area contributed by atoms with Gasteiger partial charge >= 0.3 is 0 Å². The Morgan fingerprint density at radius 3 is 2.24 bits per heavy atom. The Kier molecular flexibility index (Phi) is 8.03. The first-order chi connectivity index (χ1) is 18.1. The molecule has 2 amide bonds. The van der Waals surface area contributed by atoms with Gasteiger partial charge in [0.15, 0.2) is 11.5 Å². The number of anilines is 1. The van der Waals surface area contributed by atoms with Gasteiger partial charge in [-0.2, -0.15) is 0 Å². The number of hydrogen-bond acceptors (Lipinski definition) is 8. The van der Waals surface area contributed by atoms with Crippen LogP contribution in [0.15, 0.2) is 60.7 Å². The molecule has 5 rings (SSSR count). The summed E-state index contributed by atoms with van der Waals surface area (Å²) in [5.74, 6) is 0.676. The predicted octanol–water partition coefficient (Wildman–Crippen LogP) is 3.35. The third kappa shape index (κ3) is 5.98. The van der Waals surface area contributed by atoms with Gasteiger partial charge in [0.1, 0.15) is 9.84 Å². The van der Waals surface area contributed by atoms with E-state index >= 15 is 0 Å². The van der Waals surface area contributed by atoms with Gasteiger partial charge in [0.05, 0.1) is 30.6 Å². The fraction of sp³-hybridized carbons (Fsp3) is 0.286. The van der Waals surface area contributed by atoms with E-state index in [1.54, 1.807) is 31.4 Å². The van der Waals surface area contributed by atoms with E-state index in [-0.39, 0.29) is 23.6 Å². The van der Waals surface area contributed by atoms with Crippen LogP contribution in [-0.2, 0) is 22.9 Å². The lowest BCUT2D eigenvalue weighted by Gasteiger charge is -2.28. The molecule has 0 aliphatic carbocycles. The second-order valence-corrected chi connectivity index (χ2v) is 11.4. The number of benzene rings is 3. The van der Waals surface area contributed by atoms with E-state index in [1.807, 2.05) is 43.3 Å². The van der Waals surface area contributed by atoms with E-state index in [2.05, 4.69) is 10.2 Å². The first-order valence-corrected chi connectivity index (χ1v) is 14.2. The number of methoxy groups -OCH3 is 1. The summed E-state index contributed by atoms with van der Waals surface area (Å²) in [5.41, 5.74) is 10.9. The summed E-state index contributed by atoms with van der Waals surface area (Å²) in [6, 6.07) is 17.9. The Hall–Kier alpha value is -3.89. The van der Waals surface area contributed by atoms with Crippen molar-refractivity contribution in [1.82, 2.24) is 10.2 Å². The van der Waals surface area contributed by atoms with Crippen LogP contribution >= 0.6 is 0 Å². The normalized spacial score (nSPS) is 15.1. The van der Waals surface area contributed by atoms with Crippen LogP contribution in [-0.4, -0.2) is 50.9 Å². The van der Waals surface area contributed by atoms with Crippen LogP contribution < -0.4 is 20.5 Å². The molecule has 200 valence electrons. The highest BCUT2D eigenvalue weighted by Gasteiger charge is 2.31. The van der Waals surface area contributed by atoms with Crippen LogP contribution in [0, 0.1) is 0 Å². The number of ether oxygens (including phenoxy) is 2. The Morgan fingerprint density at radius 1 is 0.974 bits per heavy atom. The van der Waals surface area contributed by atoms with Gasteiger partial charge in [-0.15, -0.1) is 0 Å². The SMILES string of the molecule is CCOc1cc(C(CS(C)(=O)=O)N2Cc3cccc(N)c3C2)ccc1OC.O=C1NC(=O)c2ccccc21. The van der Waals surface area contributed by atoms with Gasteiger partial charge < -0.3 is 15.2 Å². The Bertz CT molecular complexity index is 1440. The van der Waals surface area contributed by atoms with E-state index in [9.17, 15) is 18.0 Å². The number of nitrogens with one attached hydrogen (secondary N) is 1. The molecule has 2 aliphatic rings. The molecule has 0 fully saturated rings. The summed E-state index contributed by atoms with van der Waals surface area (Å²) in [6.45, 7) is 3.69. The molecule has 2 aliphatic heterocycles. The zero-order valence-corrected chi connectivity index (χ0v) is 22.4. The molecule has 1 unspecified atom stereocenters. The highest BCUT2D eigenvalue weighted by atomic mass is 32.2. The predicted molar refractivity (Wildman–Crippen MR) is 145 cm³/mol. The standard InChI is InChI=1S/C20H26N2O4S.C8H5NO2/c1-4-26-20-10-14(8-9-19(20)25-2)18(13-27(3,23)24)22-11-15-6-5-7-17(21)16(15)12-22;10-7-5-3-1-2-4-6(5)8(11)9-7/h5-10,18H,4,11-13,21H2,1-3H3;1-4H,(H,9,10,11). The number of nitrogen functional groups attached to an aromatic ring is 1. The summed E-state index contributed by atoms with van der Waals surface area (Å²) in [5, 5.41) is 2.20. The van der Waals surface area contributed by atoms with Crippen LogP contribution in [0.5, 0.6) is 11.5 Å². The van der Waals surface area contributed by atoms with Crippen molar-refractivity contribution in [3.05, 3.63) is 88.5 Å². The second kappa shape index (κ2) is 11.2. The number of carbonyl (C=O) groups excluding carboxylic acids is 2. The molecule has 1 atom stereocenters. The Balaban J connectivity index is 0.000000253. The summed E-state index contributed by atoms with van der Waals surface area (Å²) in [4.78, 5) is 24.0. The van der Waals surface area contributed by atoms with Crippen LogP contribution in [0.25, 0.3) is 0 Å². The van der Waals surface area contributed by atoms with E-state index in [0.29, 0.717) is 42.3 Å². The quantitative estimate of drug-likeness (QED) is 0.347. The molecule has 0 saturated carbocycles. The highest BCUT2D eigenvalue weighted by Crippen LogP contribution is 2.37. The molecule has 38 heavy (non-hydrogen) atoms. The lowest BCUT2D eigenvalue weighted by molar-refractivity contribution is 0.0879. The molecular formula is C28H31N3O6S. The lowest BCUT2D eigenvalue weighted by Crippen LogP contribution is -2.29. The topological polar surface area (TPSA) is 128 Å². The molecule has 0 spiro atoms. The minimum Gasteiger partial charge on any atom is -0.493 e. The zero-order chi connectivity index (χ0) is 27.4. The van der Waals surface area contributed by atoms with Crippen molar-refractivity contribution < 1.29 is 27.5 Å². The number of amides is 2. The van der Waals surface area contributed by atoms with Gasteiger partial charge in [-0.05, 0) is 53.9 Å². The fourth-order valence-corrected chi connectivity index (χ4v) is 5.66. The minimum absolute atomic E-state index is 0.0266. The number of carbonyl (C=O) groups is 2. The molecule has 0 radical (unpaired) electrons. The second-order valence-electron chi connectivity index (χ2n) is 9.17. The first-order valence-electron chi connectivity index (χ1n) is 12.1. The summed E-state index contributed by atoms with van der Waals surface area (Å²) in [7, 11) is -1.60. The van der Waals surface area contributed by atoms with Crippen LogP contribution in [0.2, 0.25) is 0 Å². The summed E-state index contributed by atoms with van der Waals surface area (Å²) >= 11 is 0. The monoisotopic (exact) mass is 537 g/mol. The van der Waals surface area contributed by atoms with E-state index < -0.39 is 9.84 Å². The highest BCUT2D eigenvalue weighted by molar-refractivity contribution is 7.90. The Labute approximate surface area is 222 Å². The van der Waals surface area contributed by atoms with Crippen molar-refractivity contribution in [1.29, 1.82) is 0 Å².